The molecule has 0 saturated carbocycles. The second-order valence-electron chi connectivity index (χ2n) is 9.33. The molecule has 0 atom stereocenters. The van der Waals surface area contributed by atoms with Crippen molar-refractivity contribution in [2.75, 3.05) is 44.7 Å². The number of imidazole rings is 1. The Hall–Kier alpha value is -3.83. The van der Waals surface area contributed by atoms with Gasteiger partial charge in [0.15, 0.2) is 0 Å². The van der Waals surface area contributed by atoms with Crippen LogP contribution in [0.2, 0.25) is 0 Å². The molecular weight excluding hydrogens is 450 g/mol. The van der Waals surface area contributed by atoms with Crippen LogP contribution >= 0.6 is 0 Å². The number of unbranched alkanes of at least 4 members (excludes halogenated alkanes) is 2. The van der Waals surface area contributed by atoms with Crippen LogP contribution in [0.3, 0.4) is 0 Å². The van der Waals surface area contributed by atoms with Crippen LogP contribution in [0.15, 0.2) is 48.7 Å². The lowest BCUT2D eigenvalue weighted by atomic mass is 10.2. The SMILES string of the molecule is C#CCCCCc1cn(CCOc2ccc(-c3nc4ccc(N5CCN(C)CC5)cc4[nH]3)cc2)nn1. The average Bonchev–Trinajstić information content (AvgIpc) is 3.54. The summed E-state index contributed by atoms with van der Waals surface area (Å²) in [5.41, 5.74) is 5.32. The first-order valence-electron chi connectivity index (χ1n) is 12.7. The molecule has 0 amide bonds. The van der Waals surface area contributed by atoms with Gasteiger partial charge in [-0.1, -0.05) is 5.21 Å². The average molecular weight is 484 g/mol. The molecule has 2 aromatic heterocycles. The summed E-state index contributed by atoms with van der Waals surface area (Å²) >= 11 is 0. The van der Waals surface area contributed by atoms with Crippen molar-refractivity contribution in [2.24, 2.45) is 0 Å². The molecule has 2 aromatic carbocycles. The highest BCUT2D eigenvalue weighted by atomic mass is 16.5. The van der Waals surface area contributed by atoms with E-state index in [1.165, 1.54) is 5.69 Å². The number of likely N-dealkylation sites (N-methyl/N-ethyl adjacent to an activating group) is 1. The van der Waals surface area contributed by atoms with E-state index in [1.54, 1.807) is 0 Å². The maximum Gasteiger partial charge on any atom is 0.138 e. The minimum atomic E-state index is 0.527. The van der Waals surface area contributed by atoms with Gasteiger partial charge >= 0.3 is 0 Å². The number of benzene rings is 2. The van der Waals surface area contributed by atoms with E-state index in [9.17, 15) is 0 Å². The zero-order valence-corrected chi connectivity index (χ0v) is 20.9. The number of nitrogens with zero attached hydrogens (tertiary/aromatic N) is 6. The third-order valence-electron chi connectivity index (χ3n) is 6.64. The summed E-state index contributed by atoms with van der Waals surface area (Å²) in [6, 6.07) is 14.5. The van der Waals surface area contributed by atoms with E-state index in [-0.39, 0.29) is 0 Å². The van der Waals surface area contributed by atoms with Crippen LogP contribution in [0.25, 0.3) is 22.4 Å². The van der Waals surface area contributed by atoms with Crippen LogP contribution < -0.4 is 9.64 Å². The first kappa shape index (κ1) is 23.9. The molecule has 5 rings (SSSR count). The third kappa shape index (κ3) is 5.86. The first-order chi connectivity index (χ1) is 17.7. The molecular formula is C28H33N7O. The predicted octanol–water partition coefficient (Wildman–Crippen LogP) is 4.00. The number of nitrogens with one attached hydrogen (secondary N) is 1. The van der Waals surface area contributed by atoms with Crippen LogP contribution in [-0.2, 0) is 13.0 Å². The lowest BCUT2D eigenvalue weighted by Gasteiger charge is -2.34. The van der Waals surface area contributed by atoms with Gasteiger partial charge in [-0.2, -0.15) is 0 Å². The van der Waals surface area contributed by atoms with Crippen LogP contribution in [0.4, 0.5) is 5.69 Å². The summed E-state index contributed by atoms with van der Waals surface area (Å²) in [5, 5.41) is 8.42. The number of hydrogen-bond donors (Lipinski definition) is 1. The van der Waals surface area contributed by atoms with Crippen molar-refractivity contribution in [2.45, 2.75) is 32.2 Å². The number of hydrogen-bond acceptors (Lipinski definition) is 6. The van der Waals surface area contributed by atoms with Gasteiger partial charge in [-0.3, -0.25) is 0 Å². The maximum absolute atomic E-state index is 5.92. The normalized spacial score (nSPS) is 14.3. The molecule has 3 heterocycles. The quantitative estimate of drug-likeness (QED) is 0.272. The van der Waals surface area contributed by atoms with E-state index < -0.39 is 0 Å². The summed E-state index contributed by atoms with van der Waals surface area (Å²) in [6.45, 7) is 5.46. The number of fused-ring (bicyclic) bond motifs is 1. The monoisotopic (exact) mass is 483 g/mol. The van der Waals surface area contributed by atoms with E-state index in [1.807, 2.05) is 35.1 Å². The van der Waals surface area contributed by atoms with Crippen LogP contribution in [0.1, 0.15) is 25.0 Å². The zero-order valence-electron chi connectivity index (χ0n) is 20.9. The van der Waals surface area contributed by atoms with Gasteiger partial charge in [0.25, 0.3) is 0 Å². The van der Waals surface area contributed by atoms with Gasteiger partial charge < -0.3 is 19.5 Å². The lowest BCUT2D eigenvalue weighted by molar-refractivity contribution is 0.290. The number of aromatic nitrogens is 5. The maximum atomic E-state index is 5.92. The largest absolute Gasteiger partial charge is 0.492 e. The highest BCUT2D eigenvalue weighted by Crippen LogP contribution is 2.26. The topological polar surface area (TPSA) is 75.1 Å². The Morgan fingerprint density at radius 1 is 1.06 bits per heavy atom. The Balaban J connectivity index is 1.14. The number of aryl methyl sites for hydroxylation is 1. The molecule has 0 spiro atoms. The standard InChI is InChI=1S/C28H33N7O/c1-3-4-5-6-7-23-21-35(32-31-23)18-19-36-25-11-8-22(9-12-25)28-29-26-13-10-24(20-27(26)30-28)34-16-14-33(2)15-17-34/h1,8-13,20-21H,4-7,14-19H2,2H3,(H,29,30). The Kier molecular flexibility index (Phi) is 7.48. The number of anilines is 1. The van der Waals surface area contributed by atoms with Crippen molar-refractivity contribution in [3.63, 3.8) is 0 Å². The van der Waals surface area contributed by atoms with Gasteiger partial charge in [0.05, 0.1) is 23.3 Å². The van der Waals surface area contributed by atoms with Crippen molar-refractivity contribution < 1.29 is 4.74 Å². The van der Waals surface area contributed by atoms with Gasteiger partial charge in [-0.25, -0.2) is 9.67 Å². The van der Waals surface area contributed by atoms with Crippen molar-refractivity contribution in [3.8, 4) is 29.5 Å². The van der Waals surface area contributed by atoms with Crippen molar-refractivity contribution >= 4 is 16.7 Å². The Bertz CT molecular complexity index is 1310. The van der Waals surface area contributed by atoms with E-state index in [0.29, 0.717) is 13.2 Å². The Labute approximate surface area is 212 Å². The van der Waals surface area contributed by atoms with E-state index >= 15 is 0 Å². The van der Waals surface area contributed by atoms with E-state index in [4.69, 9.17) is 16.1 Å². The second-order valence-corrected chi connectivity index (χ2v) is 9.33. The van der Waals surface area contributed by atoms with E-state index in [0.717, 1.165) is 85.7 Å². The second kappa shape index (κ2) is 11.3. The molecule has 1 fully saturated rings. The summed E-state index contributed by atoms with van der Waals surface area (Å²) in [7, 11) is 2.18. The molecule has 186 valence electrons. The molecule has 0 radical (unpaired) electrons. The zero-order chi connectivity index (χ0) is 24.7. The van der Waals surface area contributed by atoms with Crippen molar-refractivity contribution in [1.82, 2.24) is 29.9 Å². The molecule has 36 heavy (non-hydrogen) atoms. The molecule has 1 N–H and O–H groups in total. The number of ether oxygens (including phenoxy) is 1. The number of aromatic amines is 1. The molecule has 1 saturated heterocycles. The van der Waals surface area contributed by atoms with Crippen LogP contribution in [-0.4, -0.2) is 69.7 Å². The number of piperazine rings is 1. The molecule has 0 unspecified atom stereocenters. The smallest absolute Gasteiger partial charge is 0.138 e. The predicted molar refractivity (Wildman–Crippen MR) is 143 cm³/mol. The molecule has 8 nitrogen and oxygen atoms in total. The van der Waals surface area contributed by atoms with Crippen molar-refractivity contribution in [1.29, 1.82) is 0 Å². The van der Waals surface area contributed by atoms with Gasteiger partial charge in [-0.05, 0) is 68.8 Å². The highest BCUT2D eigenvalue weighted by molar-refractivity contribution is 5.83. The molecule has 0 bridgehead atoms. The molecule has 1 aliphatic heterocycles. The molecule has 1 aliphatic rings. The van der Waals surface area contributed by atoms with E-state index in [2.05, 4.69) is 56.3 Å². The molecule has 8 heteroatoms. The Morgan fingerprint density at radius 2 is 1.89 bits per heavy atom. The fraction of sp³-hybridized carbons (Fsp3) is 0.393. The lowest BCUT2D eigenvalue weighted by Crippen LogP contribution is -2.44. The van der Waals surface area contributed by atoms with Crippen LogP contribution in [0.5, 0.6) is 5.75 Å². The van der Waals surface area contributed by atoms with Gasteiger partial charge in [0.2, 0.25) is 0 Å². The minimum absolute atomic E-state index is 0.527. The fourth-order valence-corrected chi connectivity index (χ4v) is 4.46. The summed E-state index contributed by atoms with van der Waals surface area (Å²) < 4.78 is 7.75. The highest BCUT2D eigenvalue weighted by Gasteiger charge is 2.15. The fourth-order valence-electron chi connectivity index (χ4n) is 4.46. The number of rotatable bonds is 10. The van der Waals surface area contributed by atoms with Gasteiger partial charge in [0, 0.05) is 50.0 Å². The number of H-pyrrole nitrogens is 1. The van der Waals surface area contributed by atoms with Gasteiger partial charge in [0.1, 0.15) is 18.2 Å². The summed E-state index contributed by atoms with van der Waals surface area (Å²) in [5.74, 6) is 4.36. The Morgan fingerprint density at radius 3 is 2.69 bits per heavy atom. The molecule has 0 aliphatic carbocycles. The summed E-state index contributed by atoms with van der Waals surface area (Å²) in [6.07, 6.45) is 11.1. The third-order valence-corrected chi connectivity index (χ3v) is 6.64. The minimum Gasteiger partial charge on any atom is -0.492 e. The van der Waals surface area contributed by atoms with Crippen molar-refractivity contribution in [3.05, 3.63) is 54.4 Å². The number of terminal acetylenes is 1. The summed E-state index contributed by atoms with van der Waals surface area (Å²) in [4.78, 5) is 13.1. The van der Waals surface area contributed by atoms with Gasteiger partial charge in [-0.15, -0.1) is 17.4 Å². The first-order valence-corrected chi connectivity index (χ1v) is 12.7. The molecule has 4 aromatic rings. The van der Waals surface area contributed by atoms with Crippen LogP contribution in [0, 0.1) is 12.3 Å².